The van der Waals surface area contributed by atoms with E-state index in [1.54, 1.807) is 20.8 Å². The molecule has 4 nitrogen and oxygen atoms in total. The fourth-order valence-corrected chi connectivity index (χ4v) is 3.23. The van der Waals surface area contributed by atoms with E-state index in [-0.39, 0.29) is 22.6 Å². The molecule has 1 N–H and O–H groups in total. The minimum atomic E-state index is -0.607. The van der Waals surface area contributed by atoms with Gasteiger partial charge in [-0.2, -0.15) is 0 Å². The van der Waals surface area contributed by atoms with Crippen molar-refractivity contribution in [1.82, 2.24) is 0 Å². The molecule has 1 rings (SSSR count). The molecule has 0 aliphatic carbocycles. The molecule has 0 aliphatic heterocycles. The number of esters is 1. The van der Waals surface area contributed by atoms with Crippen LogP contribution in [0.3, 0.4) is 0 Å². The average Bonchev–Trinajstić information content (AvgIpc) is 2.47. The molecular formula is C18H25ClFNO3S. The van der Waals surface area contributed by atoms with Crippen molar-refractivity contribution < 1.29 is 18.7 Å². The highest BCUT2D eigenvalue weighted by atomic mass is 35.5. The van der Waals surface area contributed by atoms with Crippen molar-refractivity contribution in [3.8, 4) is 0 Å². The minimum Gasteiger partial charge on any atom is -0.459 e. The molecule has 1 aromatic rings. The van der Waals surface area contributed by atoms with Gasteiger partial charge in [0.1, 0.15) is 16.7 Å². The maximum Gasteiger partial charge on any atom is 0.319 e. The predicted molar refractivity (Wildman–Crippen MR) is 101 cm³/mol. The minimum absolute atomic E-state index is 0.0596. The molecule has 0 aliphatic rings. The zero-order valence-electron chi connectivity index (χ0n) is 15.2. The van der Waals surface area contributed by atoms with E-state index in [4.69, 9.17) is 16.3 Å². The summed E-state index contributed by atoms with van der Waals surface area (Å²) in [6.45, 7) is 9.13. The van der Waals surface area contributed by atoms with Crippen molar-refractivity contribution in [2.24, 2.45) is 0 Å². The second kappa shape index (κ2) is 9.43. The van der Waals surface area contributed by atoms with Crippen LogP contribution in [0, 0.1) is 5.82 Å². The predicted octanol–water partition coefficient (Wildman–Crippen LogP) is 5.43. The van der Waals surface area contributed by atoms with Gasteiger partial charge in [-0.3, -0.25) is 9.59 Å². The molecule has 1 aromatic carbocycles. The number of hydrogen-bond acceptors (Lipinski definition) is 4. The fraction of sp³-hybridized carbons (Fsp3) is 0.556. The van der Waals surface area contributed by atoms with Crippen molar-refractivity contribution in [3.05, 3.63) is 23.0 Å². The summed E-state index contributed by atoms with van der Waals surface area (Å²) in [5, 5.41) is 2.26. The number of rotatable bonds is 7. The standard InChI is InChI=1S/C18H25ClFNO3S/c1-6-8-16(22)21-13-10-15(11(19)9-12(13)20)25-14(7-2)17(23)24-18(3,4)5/h9-10,14H,6-8H2,1-5H3,(H,21,22). The number of carbonyl (C=O) groups excluding carboxylic acids is 2. The summed E-state index contributed by atoms with van der Waals surface area (Å²) < 4.78 is 19.4. The summed E-state index contributed by atoms with van der Waals surface area (Å²) in [5.74, 6) is -1.22. The van der Waals surface area contributed by atoms with Crippen LogP contribution in [0.15, 0.2) is 17.0 Å². The second-order valence-electron chi connectivity index (χ2n) is 6.61. The van der Waals surface area contributed by atoms with Crippen LogP contribution in [0.5, 0.6) is 0 Å². The van der Waals surface area contributed by atoms with Gasteiger partial charge in [-0.1, -0.05) is 25.4 Å². The summed E-state index contributed by atoms with van der Waals surface area (Å²) in [6.07, 6.45) is 1.50. The Bertz CT molecular complexity index is 631. The van der Waals surface area contributed by atoms with Gasteiger partial charge in [0, 0.05) is 11.3 Å². The number of halogens is 2. The van der Waals surface area contributed by atoms with Gasteiger partial charge in [0.25, 0.3) is 0 Å². The van der Waals surface area contributed by atoms with Gasteiger partial charge in [0.05, 0.1) is 10.7 Å². The highest BCUT2D eigenvalue weighted by Gasteiger charge is 2.26. The molecule has 0 fully saturated rings. The Labute approximate surface area is 157 Å². The second-order valence-corrected chi connectivity index (χ2v) is 8.26. The molecule has 7 heteroatoms. The topological polar surface area (TPSA) is 55.4 Å². The fourth-order valence-electron chi connectivity index (χ4n) is 1.97. The molecule has 0 bridgehead atoms. The normalized spacial score (nSPS) is 12.6. The first-order chi connectivity index (χ1) is 11.6. The zero-order valence-corrected chi connectivity index (χ0v) is 16.8. The SMILES string of the molecule is CCCC(=O)Nc1cc(SC(CC)C(=O)OC(C)(C)C)c(Cl)cc1F. The number of amides is 1. The molecule has 0 spiro atoms. The van der Waals surface area contributed by atoms with E-state index < -0.39 is 16.7 Å². The van der Waals surface area contributed by atoms with Gasteiger partial charge in [0.15, 0.2) is 0 Å². The highest BCUT2D eigenvalue weighted by Crippen LogP contribution is 2.36. The highest BCUT2D eigenvalue weighted by molar-refractivity contribution is 8.00. The van der Waals surface area contributed by atoms with Crippen LogP contribution in [-0.4, -0.2) is 22.7 Å². The Morgan fingerprint density at radius 2 is 1.96 bits per heavy atom. The molecule has 0 saturated heterocycles. The number of ether oxygens (including phenoxy) is 1. The Morgan fingerprint density at radius 3 is 2.48 bits per heavy atom. The number of nitrogens with one attached hydrogen (secondary N) is 1. The van der Waals surface area contributed by atoms with Crippen LogP contribution in [-0.2, 0) is 14.3 Å². The lowest BCUT2D eigenvalue weighted by molar-refractivity contribution is -0.154. The third kappa shape index (κ3) is 7.24. The Hall–Kier alpha value is -1.27. The van der Waals surface area contributed by atoms with E-state index in [1.165, 1.54) is 17.8 Å². The summed E-state index contributed by atoms with van der Waals surface area (Å²) in [7, 11) is 0. The van der Waals surface area contributed by atoms with Crippen LogP contribution >= 0.6 is 23.4 Å². The molecule has 0 heterocycles. The number of benzene rings is 1. The zero-order chi connectivity index (χ0) is 19.2. The number of anilines is 1. The lowest BCUT2D eigenvalue weighted by atomic mass is 10.2. The van der Waals surface area contributed by atoms with Crippen molar-refractivity contribution in [3.63, 3.8) is 0 Å². The Kier molecular flexibility index (Phi) is 8.22. The molecule has 1 amide bonds. The van der Waals surface area contributed by atoms with Gasteiger partial charge in [-0.25, -0.2) is 4.39 Å². The largest absolute Gasteiger partial charge is 0.459 e. The van der Waals surface area contributed by atoms with Crippen molar-refractivity contribution in [1.29, 1.82) is 0 Å². The first-order valence-corrected chi connectivity index (χ1v) is 9.51. The van der Waals surface area contributed by atoms with Crippen LogP contribution in [0.1, 0.15) is 53.9 Å². The third-order valence-electron chi connectivity index (χ3n) is 3.08. The number of carbonyl (C=O) groups is 2. The molecule has 1 atom stereocenters. The van der Waals surface area contributed by atoms with Gasteiger partial charge in [-0.15, -0.1) is 11.8 Å². The van der Waals surface area contributed by atoms with E-state index in [2.05, 4.69) is 5.32 Å². The van der Waals surface area contributed by atoms with Crippen LogP contribution in [0.25, 0.3) is 0 Å². The lowest BCUT2D eigenvalue weighted by Crippen LogP contribution is -2.30. The Morgan fingerprint density at radius 1 is 1.32 bits per heavy atom. The van der Waals surface area contributed by atoms with E-state index >= 15 is 0 Å². The monoisotopic (exact) mass is 389 g/mol. The van der Waals surface area contributed by atoms with E-state index in [1.807, 2.05) is 13.8 Å². The molecule has 0 aromatic heterocycles. The Balaban J connectivity index is 2.99. The third-order valence-corrected chi connectivity index (χ3v) is 4.91. The van der Waals surface area contributed by atoms with Gasteiger partial charge >= 0.3 is 5.97 Å². The summed E-state index contributed by atoms with van der Waals surface area (Å²) in [5.41, 5.74) is -0.527. The lowest BCUT2D eigenvalue weighted by Gasteiger charge is -2.23. The molecule has 140 valence electrons. The summed E-state index contributed by atoms with van der Waals surface area (Å²) in [4.78, 5) is 24.5. The molecular weight excluding hydrogens is 365 g/mol. The van der Waals surface area contributed by atoms with E-state index in [0.717, 1.165) is 6.07 Å². The molecule has 1 unspecified atom stereocenters. The maximum absolute atomic E-state index is 14.0. The summed E-state index contributed by atoms with van der Waals surface area (Å²) >= 11 is 7.32. The first kappa shape index (κ1) is 21.8. The average molecular weight is 390 g/mol. The first-order valence-electron chi connectivity index (χ1n) is 8.25. The van der Waals surface area contributed by atoms with E-state index in [0.29, 0.717) is 24.2 Å². The molecule has 0 saturated carbocycles. The van der Waals surface area contributed by atoms with Crippen LogP contribution in [0.4, 0.5) is 10.1 Å². The summed E-state index contributed by atoms with van der Waals surface area (Å²) in [6, 6.07) is 2.61. The van der Waals surface area contributed by atoms with Gasteiger partial charge in [-0.05, 0) is 45.7 Å². The molecule has 25 heavy (non-hydrogen) atoms. The van der Waals surface area contributed by atoms with Crippen LogP contribution < -0.4 is 5.32 Å². The molecule has 0 radical (unpaired) electrons. The van der Waals surface area contributed by atoms with Gasteiger partial charge in [0.2, 0.25) is 5.91 Å². The van der Waals surface area contributed by atoms with Gasteiger partial charge < -0.3 is 10.1 Å². The number of thioether (sulfide) groups is 1. The van der Waals surface area contributed by atoms with E-state index in [9.17, 15) is 14.0 Å². The van der Waals surface area contributed by atoms with Crippen molar-refractivity contribution in [2.75, 3.05) is 5.32 Å². The number of hydrogen-bond donors (Lipinski definition) is 1. The van der Waals surface area contributed by atoms with Crippen molar-refractivity contribution in [2.45, 2.75) is 69.6 Å². The smallest absolute Gasteiger partial charge is 0.319 e. The van der Waals surface area contributed by atoms with Crippen LogP contribution in [0.2, 0.25) is 5.02 Å². The quantitative estimate of drug-likeness (QED) is 0.499. The maximum atomic E-state index is 14.0. The van der Waals surface area contributed by atoms with Crippen molar-refractivity contribution >= 4 is 40.9 Å².